The molecule has 0 saturated carbocycles. The van der Waals surface area contributed by atoms with Crippen molar-refractivity contribution in [1.29, 1.82) is 0 Å². The molecule has 3 nitrogen and oxygen atoms in total. The maximum Gasteiger partial charge on any atom is 0.0207 e. The van der Waals surface area contributed by atoms with Gasteiger partial charge in [0.1, 0.15) is 0 Å². The van der Waals surface area contributed by atoms with E-state index in [4.69, 9.17) is 0 Å². The average molecular weight is 223 g/mol. The monoisotopic (exact) mass is 223 g/mol. The normalized spacial score (nSPS) is 31.1. The third-order valence-electron chi connectivity index (χ3n) is 5.21. The SMILES string of the molecule is CC(C)(C1CCNCC1)N1CC2(CNC2)C1. The van der Waals surface area contributed by atoms with E-state index < -0.39 is 0 Å². The topological polar surface area (TPSA) is 27.3 Å². The first kappa shape index (κ1) is 11.0. The van der Waals surface area contributed by atoms with Gasteiger partial charge in [-0.25, -0.2) is 0 Å². The summed E-state index contributed by atoms with van der Waals surface area (Å²) in [4.78, 5) is 2.73. The van der Waals surface area contributed by atoms with Crippen LogP contribution in [-0.2, 0) is 0 Å². The molecular formula is C13H25N3. The summed E-state index contributed by atoms with van der Waals surface area (Å²) in [5, 5.41) is 6.89. The van der Waals surface area contributed by atoms with Crippen LogP contribution in [0.15, 0.2) is 0 Å². The van der Waals surface area contributed by atoms with Gasteiger partial charge in [0, 0.05) is 37.1 Å². The van der Waals surface area contributed by atoms with Gasteiger partial charge < -0.3 is 10.6 Å². The second kappa shape index (κ2) is 3.69. The van der Waals surface area contributed by atoms with Gasteiger partial charge in [-0.1, -0.05) is 0 Å². The molecule has 0 atom stereocenters. The fraction of sp³-hybridized carbons (Fsp3) is 1.00. The molecule has 0 radical (unpaired) electrons. The zero-order chi connectivity index (χ0) is 11.2. The van der Waals surface area contributed by atoms with E-state index in [9.17, 15) is 0 Å². The van der Waals surface area contributed by atoms with E-state index in [0.717, 1.165) is 5.92 Å². The Kier molecular flexibility index (Phi) is 2.54. The van der Waals surface area contributed by atoms with Gasteiger partial charge in [0.05, 0.1) is 0 Å². The first-order chi connectivity index (χ1) is 7.62. The van der Waals surface area contributed by atoms with Gasteiger partial charge in [0.25, 0.3) is 0 Å². The van der Waals surface area contributed by atoms with E-state index in [1.54, 1.807) is 0 Å². The standard InChI is InChI=1S/C13H25N3/c1-12(2,11-3-5-14-6-4-11)16-9-13(10-16)7-15-8-13/h11,14-15H,3-10H2,1-2H3. The number of nitrogens with one attached hydrogen (secondary N) is 2. The molecule has 1 spiro atoms. The van der Waals surface area contributed by atoms with Crippen LogP contribution in [0.5, 0.6) is 0 Å². The van der Waals surface area contributed by atoms with Crippen LogP contribution in [0.3, 0.4) is 0 Å². The van der Waals surface area contributed by atoms with Crippen LogP contribution in [0.25, 0.3) is 0 Å². The molecule has 0 amide bonds. The van der Waals surface area contributed by atoms with Crippen molar-refractivity contribution in [1.82, 2.24) is 15.5 Å². The Morgan fingerprint density at radius 2 is 1.69 bits per heavy atom. The van der Waals surface area contributed by atoms with Crippen molar-refractivity contribution in [2.75, 3.05) is 39.3 Å². The Balaban J connectivity index is 1.60. The quantitative estimate of drug-likeness (QED) is 0.720. The second-order valence-electron chi connectivity index (χ2n) is 6.64. The average Bonchev–Trinajstić information content (AvgIpc) is 2.14. The molecule has 0 unspecified atom stereocenters. The van der Waals surface area contributed by atoms with Gasteiger partial charge in [0.2, 0.25) is 0 Å². The van der Waals surface area contributed by atoms with Crippen LogP contribution in [0.1, 0.15) is 26.7 Å². The van der Waals surface area contributed by atoms with E-state index in [-0.39, 0.29) is 0 Å². The van der Waals surface area contributed by atoms with Crippen molar-refractivity contribution in [3.05, 3.63) is 0 Å². The second-order valence-corrected chi connectivity index (χ2v) is 6.64. The predicted octanol–water partition coefficient (Wildman–Crippen LogP) is 0.670. The van der Waals surface area contributed by atoms with Gasteiger partial charge in [0.15, 0.2) is 0 Å². The van der Waals surface area contributed by atoms with E-state index >= 15 is 0 Å². The fourth-order valence-corrected chi connectivity index (χ4v) is 3.66. The Hall–Kier alpha value is -0.120. The highest BCUT2D eigenvalue weighted by molar-refractivity contribution is 5.08. The number of piperidine rings is 1. The van der Waals surface area contributed by atoms with Crippen LogP contribution in [-0.4, -0.2) is 49.7 Å². The fourth-order valence-electron chi connectivity index (χ4n) is 3.66. The maximum atomic E-state index is 3.47. The lowest BCUT2D eigenvalue weighted by Gasteiger charge is -2.62. The Labute approximate surface area is 99.0 Å². The van der Waals surface area contributed by atoms with Crippen molar-refractivity contribution >= 4 is 0 Å². The van der Waals surface area contributed by atoms with Crippen LogP contribution < -0.4 is 10.6 Å². The van der Waals surface area contributed by atoms with Crippen LogP contribution in [0.2, 0.25) is 0 Å². The molecule has 92 valence electrons. The summed E-state index contributed by atoms with van der Waals surface area (Å²) in [6.45, 7) is 12.5. The lowest BCUT2D eigenvalue weighted by Crippen LogP contribution is -2.75. The molecule has 3 heterocycles. The minimum atomic E-state index is 0.420. The summed E-state index contributed by atoms with van der Waals surface area (Å²) in [7, 11) is 0. The van der Waals surface area contributed by atoms with E-state index in [1.807, 2.05) is 0 Å². The van der Waals surface area contributed by atoms with Crippen LogP contribution >= 0.6 is 0 Å². The summed E-state index contributed by atoms with van der Waals surface area (Å²) in [6.07, 6.45) is 2.71. The van der Waals surface area contributed by atoms with E-state index in [2.05, 4.69) is 29.4 Å². The molecule has 3 rings (SSSR count). The molecule has 3 aliphatic rings. The number of hydrogen-bond acceptors (Lipinski definition) is 3. The van der Waals surface area contributed by atoms with Gasteiger partial charge in [-0.3, -0.25) is 4.90 Å². The van der Waals surface area contributed by atoms with E-state index in [0.29, 0.717) is 11.0 Å². The highest BCUT2D eigenvalue weighted by atomic mass is 15.3. The van der Waals surface area contributed by atoms with Crippen LogP contribution in [0.4, 0.5) is 0 Å². The third-order valence-corrected chi connectivity index (χ3v) is 5.21. The van der Waals surface area contributed by atoms with E-state index in [1.165, 1.54) is 52.1 Å². The van der Waals surface area contributed by atoms with Crippen LogP contribution in [0, 0.1) is 11.3 Å². The highest BCUT2D eigenvalue weighted by Gasteiger charge is 2.52. The van der Waals surface area contributed by atoms with Crippen molar-refractivity contribution in [2.45, 2.75) is 32.2 Å². The number of likely N-dealkylation sites (tertiary alicyclic amines) is 1. The molecule has 3 heteroatoms. The number of rotatable bonds is 2. The van der Waals surface area contributed by atoms with Crippen molar-refractivity contribution in [3.63, 3.8) is 0 Å². The smallest absolute Gasteiger partial charge is 0.0207 e. The maximum absolute atomic E-state index is 3.47. The molecule has 0 aromatic rings. The van der Waals surface area contributed by atoms with Gasteiger partial charge in [-0.05, 0) is 45.7 Å². The molecule has 0 aromatic carbocycles. The molecule has 3 saturated heterocycles. The van der Waals surface area contributed by atoms with Gasteiger partial charge >= 0.3 is 0 Å². The Morgan fingerprint density at radius 1 is 1.06 bits per heavy atom. The summed E-state index contributed by atoms with van der Waals surface area (Å²) in [5.41, 5.74) is 1.09. The molecule has 3 fully saturated rings. The zero-order valence-electron chi connectivity index (χ0n) is 10.7. The minimum Gasteiger partial charge on any atom is -0.317 e. The highest BCUT2D eigenvalue weighted by Crippen LogP contribution is 2.42. The Bertz CT molecular complexity index is 256. The van der Waals surface area contributed by atoms with Gasteiger partial charge in [-0.15, -0.1) is 0 Å². The van der Waals surface area contributed by atoms with Crippen molar-refractivity contribution in [2.24, 2.45) is 11.3 Å². The van der Waals surface area contributed by atoms with Crippen molar-refractivity contribution in [3.8, 4) is 0 Å². The summed E-state index contributed by atoms with van der Waals surface area (Å²) >= 11 is 0. The predicted molar refractivity (Wildman–Crippen MR) is 66.5 cm³/mol. The molecule has 16 heavy (non-hydrogen) atoms. The summed E-state index contributed by atoms with van der Waals surface area (Å²) < 4.78 is 0. The molecular weight excluding hydrogens is 198 g/mol. The first-order valence-electron chi connectivity index (χ1n) is 6.79. The lowest BCUT2D eigenvalue weighted by molar-refractivity contribution is -0.114. The first-order valence-corrected chi connectivity index (χ1v) is 6.79. The Morgan fingerprint density at radius 3 is 2.19 bits per heavy atom. The zero-order valence-corrected chi connectivity index (χ0v) is 10.7. The molecule has 0 bridgehead atoms. The summed E-state index contributed by atoms with van der Waals surface area (Å²) in [6, 6.07) is 0. The number of nitrogens with zero attached hydrogens (tertiary/aromatic N) is 1. The third kappa shape index (κ3) is 1.60. The lowest BCUT2D eigenvalue weighted by atomic mass is 9.69. The largest absolute Gasteiger partial charge is 0.317 e. The molecule has 0 aromatic heterocycles. The van der Waals surface area contributed by atoms with Gasteiger partial charge in [-0.2, -0.15) is 0 Å². The minimum absolute atomic E-state index is 0.420. The molecule has 0 aliphatic carbocycles. The van der Waals surface area contributed by atoms with Crippen molar-refractivity contribution < 1.29 is 0 Å². The number of hydrogen-bond donors (Lipinski definition) is 2. The summed E-state index contributed by atoms with van der Waals surface area (Å²) in [5.74, 6) is 0.888. The molecule has 3 aliphatic heterocycles. The molecule has 2 N–H and O–H groups in total.